The van der Waals surface area contributed by atoms with Gasteiger partial charge in [0.2, 0.25) is 0 Å². The molecule has 1 aliphatic rings. The Labute approximate surface area is 330 Å². The first-order valence-corrected chi connectivity index (χ1v) is 20.7. The van der Waals surface area contributed by atoms with Gasteiger partial charge in [-0.15, -0.1) is 0 Å². The van der Waals surface area contributed by atoms with Crippen molar-refractivity contribution in [3.05, 3.63) is 131 Å². The number of halogens is 1. The van der Waals surface area contributed by atoms with Gasteiger partial charge in [-0.2, -0.15) is 0 Å². The van der Waals surface area contributed by atoms with E-state index in [2.05, 4.69) is 69.3 Å². The van der Waals surface area contributed by atoms with Gasteiger partial charge in [-0.3, -0.25) is 19.2 Å². The van der Waals surface area contributed by atoms with Crippen LogP contribution >= 0.6 is 11.6 Å². The summed E-state index contributed by atoms with van der Waals surface area (Å²) in [6.07, 6.45) is 0.573. The predicted molar refractivity (Wildman–Crippen MR) is 220 cm³/mol. The summed E-state index contributed by atoms with van der Waals surface area (Å²) >= 11 is 6.35. The zero-order valence-electron chi connectivity index (χ0n) is 33.1. The second-order valence-corrected chi connectivity index (χ2v) is 21.4. The molecule has 8 nitrogen and oxygen atoms in total. The maximum Gasteiger partial charge on any atom is 0.325 e. The van der Waals surface area contributed by atoms with Crippen LogP contribution in [0.5, 0.6) is 0 Å². The highest BCUT2D eigenvalue weighted by Crippen LogP contribution is 2.40. The Morgan fingerprint density at radius 1 is 0.673 bits per heavy atom. The molecular weight excluding hydrogens is 730 g/mol. The van der Waals surface area contributed by atoms with E-state index in [1.54, 1.807) is 71.9 Å². The number of nitrogens with zero attached hydrogens (tertiary/aromatic N) is 1. The molecule has 0 saturated heterocycles. The Kier molecular flexibility index (Phi) is 12.1. The molecule has 10 heteroatoms. The fourth-order valence-electron chi connectivity index (χ4n) is 6.92. The number of benzene rings is 4. The molecule has 1 heterocycles. The second-order valence-electron chi connectivity index (χ2n) is 16.7. The van der Waals surface area contributed by atoms with Crippen LogP contribution in [0.4, 0.5) is 5.69 Å². The Morgan fingerprint density at radius 2 is 1.18 bits per heavy atom. The number of esters is 2. The SMILES string of the molecule is CC(C)(C)OC(=O)C(C(=O)OC(C)(C)C)C1=C(c2cccc(Cl)c2)C(=O)N(c2ccc(CCO[Si](c3ccccc3)(c3ccccc3)C(C)(C)C)cc2)C1=O. The fourth-order valence-corrected chi connectivity index (χ4v) is 11.7. The van der Waals surface area contributed by atoms with E-state index in [9.17, 15) is 19.2 Å². The number of imide groups is 1. The molecule has 0 atom stereocenters. The highest BCUT2D eigenvalue weighted by molar-refractivity contribution is 6.99. The first-order valence-electron chi connectivity index (χ1n) is 18.4. The van der Waals surface area contributed by atoms with Crippen LogP contribution in [0.1, 0.15) is 73.4 Å². The van der Waals surface area contributed by atoms with Crippen molar-refractivity contribution < 1.29 is 33.1 Å². The molecule has 1 aliphatic heterocycles. The van der Waals surface area contributed by atoms with Crippen LogP contribution in [0.2, 0.25) is 10.1 Å². The van der Waals surface area contributed by atoms with Gasteiger partial charge in [-0.25, -0.2) is 4.90 Å². The maximum absolute atomic E-state index is 14.5. The lowest BCUT2D eigenvalue weighted by atomic mass is 9.91. The van der Waals surface area contributed by atoms with E-state index < -0.39 is 49.2 Å². The first-order chi connectivity index (χ1) is 25.7. The van der Waals surface area contributed by atoms with E-state index >= 15 is 0 Å². The summed E-state index contributed by atoms with van der Waals surface area (Å²) in [4.78, 5) is 57.4. The van der Waals surface area contributed by atoms with Crippen molar-refractivity contribution in [1.29, 1.82) is 0 Å². The lowest BCUT2D eigenvalue weighted by molar-refractivity contribution is -0.172. The standard InChI is InChI=1S/C45H50ClNO7Si/c1-43(2,3)53-41(50)38(42(51)54-44(4,5)6)37-36(31-17-16-18-32(46)29-31)39(48)47(40(37)49)33-25-23-30(24-26-33)27-28-52-55(45(7,8)9,34-19-12-10-13-20-34)35-21-14-11-15-22-35/h10-26,29,38H,27-28H2,1-9H3. The van der Waals surface area contributed by atoms with Crippen molar-refractivity contribution in [3.63, 3.8) is 0 Å². The van der Waals surface area contributed by atoms with Crippen LogP contribution < -0.4 is 15.3 Å². The molecule has 2 amide bonds. The van der Waals surface area contributed by atoms with Gasteiger partial charge in [0.15, 0.2) is 5.92 Å². The molecule has 0 spiro atoms. The number of hydrogen-bond acceptors (Lipinski definition) is 7. The van der Waals surface area contributed by atoms with E-state index in [0.717, 1.165) is 10.5 Å². The highest BCUT2D eigenvalue weighted by atomic mass is 35.5. The van der Waals surface area contributed by atoms with Crippen LogP contribution in [0.3, 0.4) is 0 Å². The quantitative estimate of drug-likeness (QED) is 0.0657. The fraction of sp³-hybridized carbons (Fsp3) is 0.333. The number of carbonyl (C=O) groups excluding carboxylic acids is 4. The molecule has 288 valence electrons. The van der Waals surface area contributed by atoms with E-state index in [1.165, 1.54) is 16.4 Å². The highest BCUT2D eigenvalue weighted by Gasteiger charge is 2.51. The minimum absolute atomic E-state index is 0.128. The van der Waals surface area contributed by atoms with Gasteiger partial charge in [-0.05, 0) is 98.8 Å². The van der Waals surface area contributed by atoms with Crippen LogP contribution in [0.15, 0.2) is 115 Å². The molecule has 0 aromatic heterocycles. The van der Waals surface area contributed by atoms with E-state index in [-0.39, 0.29) is 27.4 Å². The predicted octanol–water partition coefficient (Wildman–Crippen LogP) is 8.09. The summed E-state index contributed by atoms with van der Waals surface area (Å²) in [6.45, 7) is 17.0. The van der Waals surface area contributed by atoms with Gasteiger partial charge in [-0.1, -0.05) is 117 Å². The number of ether oxygens (including phenoxy) is 2. The number of hydrogen-bond donors (Lipinski definition) is 0. The number of amides is 2. The van der Waals surface area contributed by atoms with Gasteiger partial charge >= 0.3 is 11.9 Å². The zero-order chi connectivity index (χ0) is 40.3. The maximum atomic E-state index is 14.5. The lowest BCUT2D eigenvalue weighted by Gasteiger charge is -2.43. The van der Waals surface area contributed by atoms with Crippen LogP contribution in [0, 0.1) is 5.92 Å². The zero-order valence-corrected chi connectivity index (χ0v) is 34.8. The summed E-state index contributed by atoms with van der Waals surface area (Å²) in [5, 5.41) is 2.49. The van der Waals surface area contributed by atoms with Crippen molar-refractivity contribution in [1.82, 2.24) is 0 Å². The van der Waals surface area contributed by atoms with Crippen molar-refractivity contribution in [2.75, 3.05) is 11.5 Å². The van der Waals surface area contributed by atoms with Crippen LogP contribution in [0.25, 0.3) is 5.57 Å². The average Bonchev–Trinajstić information content (AvgIpc) is 3.34. The summed E-state index contributed by atoms with van der Waals surface area (Å²) < 4.78 is 18.4. The molecule has 4 aromatic rings. The van der Waals surface area contributed by atoms with Gasteiger partial charge in [0, 0.05) is 11.6 Å². The van der Waals surface area contributed by atoms with Crippen LogP contribution in [-0.2, 0) is 39.5 Å². The molecule has 4 aromatic carbocycles. The molecule has 0 N–H and O–H groups in total. The molecule has 0 radical (unpaired) electrons. The summed E-state index contributed by atoms with van der Waals surface area (Å²) in [5.74, 6) is -5.38. The number of carbonyl (C=O) groups is 4. The topological polar surface area (TPSA) is 99.2 Å². The van der Waals surface area contributed by atoms with Gasteiger partial charge < -0.3 is 13.9 Å². The largest absolute Gasteiger partial charge is 0.459 e. The van der Waals surface area contributed by atoms with Gasteiger partial charge in [0.05, 0.1) is 16.8 Å². The molecule has 5 rings (SSSR count). The third-order valence-electron chi connectivity index (χ3n) is 9.13. The van der Waals surface area contributed by atoms with Gasteiger partial charge in [0.25, 0.3) is 20.1 Å². The van der Waals surface area contributed by atoms with E-state index in [4.69, 9.17) is 25.5 Å². The molecule has 0 unspecified atom stereocenters. The van der Waals surface area contributed by atoms with Crippen molar-refractivity contribution >= 4 is 65.3 Å². The summed E-state index contributed by atoms with van der Waals surface area (Å²) in [6, 6.07) is 34.3. The molecular formula is C45H50ClNO7Si. The lowest BCUT2D eigenvalue weighted by Crippen LogP contribution is -2.66. The second kappa shape index (κ2) is 16.1. The number of rotatable bonds is 11. The van der Waals surface area contributed by atoms with Crippen LogP contribution in [-0.4, -0.2) is 49.9 Å². The Hall–Kier alpha value is -4.83. The molecule has 0 fully saturated rings. The van der Waals surface area contributed by atoms with Gasteiger partial charge in [0.1, 0.15) is 11.2 Å². The Morgan fingerprint density at radius 3 is 1.64 bits per heavy atom. The molecule has 55 heavy (non-hydrogen) atoms. The third-order valence-corrected chi connectivity index (χ3v) is 14.4. The van der Waals surface area contributed by atoms with E-state index in [0.29, 0.717) is 18.1 Å². The van der Waals surface area contributed by atoms with E-state index in [1.807, 2.05) is 24.3 Å². The number of anilines is 1. The summed E-state index contributed by atoms with van der Waals surface area (Å²) in [7, 11) is -2.75. The minimum atomic E-state index is -2.75. The smallest absolute Gasteiger partial charge is 0.325 e. The normalized spacial score (nSPS) is 14.1. The van der Waals surface area contributed by atoms with Crippen molar-refractivity contribution in [2.24, 2.45) is 5.92 Å². The Balaban J connectivity index is 1.48. The Bertz CT molecular complexity index is 2010. The molecule has 0 aliphatic carbocycles. The first kappa shape index (κ1) is 41.3. The average molecular weight is 780 g/mol. The van der Waals surface area contributed by atoms with Crippen molar-refractivity contribution in [3.8, 4) is 0 Å². The third kappa shape index (κ3) is 9.18. The van der Waals surface area contributed by atoms with Crippen molar-refractivity contribution in [2.45, 2.75) is 85.0 Å². The molecule has 0 saturated carbocycles. The molecule has 0 bridgehead atoms. The summed E-state index contributed by atoms with van der Waals surface area (Å²) in [5.41, 5.74) is -0.988. The monoisotopic (exact) mass is 779 g/mol. The minimum Gasteiger partial charge on any atom is -0.459 e.